The molecule has 0 aliphatic rings. The molecule has 5 nitrogen and oxygen atoms in total. The molecule has 0 saturated carbocycles. The first kappa shape index (κ1) is 14.4. The summed E-state index contributed by atoms with van der Waals surface area (Å²) in [4.78, 5) is 8.24. The smallest absolute Gasteiger partial charge is 0.222 e. The molecule has 2 aromatic carbocycles. The van der Waals surface area contributed by atoms with Crippen LogP contribution in [-0.4, -0.2) is 9.97 Å². The lowest BCUT2D eigenvalue weighted by molar-refractivity contribution is 1.14. The molecule has 1 heterocycles. The number of aromatic nitrogens is 2. The third-order valence-electron chi connectivity index (χ3n) is 3.57. The molecule has 0 fully saturated rings. The topological polar surface area (TPSA) is 89.8 Å². The van der Waals surface area contributed by atoms with Gasteiger partial charge in [-0.1, -0.05) is 23.7 Å². The molecule has 22 heavy (non-hydrogen) atoms. The molecule has 6 heteroatoms. The van der Waals surface area contributed by atoms with Crippen molar-refractivity contribution in [3.05, 3.63) is 52.5 Å². The lowest BCUT2D eigenvalue weighted by Crippen LogP contribution is -2.05. The van der Waals surface area contributed by atoms with Crippen LogP contribution in [0.15, 0.2) is 36.4 Å². The van der Waals surface area contributed by atoms with Gasteiger partial charge in [0.25, 0.3) is 0 Å². The normalized spacial score (nSPS) is 10.8. The minimum Gasteiger partial charge on any atom is -0.383 e. The molecule has 0 atom stereocenters. The zero-order valence-corrected chi connectivity index (χ0v) is 12.9. The number of halogens is 1. The summed E-state index contributed by atoms with van der Waals surface area (Å²) in [5, 5.41) is 4.96. The van der Waals surface area contributed by atoms with Crippen molar-refractivity contribution in [2.24, 2.45) is 0 Å². The van der Waals surface area contributed by atoms with Crippen molar-refractivity contribution in [1.82, 2.24) is 9.97 Å². The van der Waals surface area contributed by atoms with E-state index in [-0.39, 0.29) is 5.95 Å². The molecule has 3 rings (SSSR count). The van der Waals surface area contributed by atoms with Gasteiger partial charge in [-0.2, -0.15) is 4.98 Å². The summed E-state index contributed by atoms with van der Waals surface area (Å²) in [5.74, 6) is 0.585. The highest BCUT2D eigenvalue weighted by atomic mass is 35.5. The molecule has 5 N–H and O–H groups in total. The number of nitrogens with two attached hydrogens (primary N) is 2. The van der Waals surface area contributed by atoms with Crippen molar-refractivity contribution in [2.45, 2.75) is 13.5 Å². The number of fused-ring (bicyclic) bond motifs is 1. The summed E-state index contributed by atoms with van der Waals surface area (Å²) in [5.41, 5.74) is 15.5. The Balaban J connectivity index is 1.91. The molecule has 0 aliphatic heterocycles. The van der Waals surface area contributed by atoms with Crippen LogP contribution in [0.5, 0.6) is 0 Å². The minimum absolute atomic E-state index is 0.186. The molecule has 3 aromatic rings. The van der Waals surface area contributed by atoms with Gasteiger partial charge in [0.15, 0.2) is 0 Å². The third-order valence-corrected chi connectivity index (χ3v) is 3.82. The SMILES string of the molecule is Cc1c(NCc2ccc(Cl)cc2)ccc2nc(N)nc(N)c12. The number of rotatable bonds is 3. The summed E-state index contributed by atoms with van der Waals surface area (Å²) >= 11 is 5.89. The van der Waals surface area contributed by atoms with E-state index in [1.54, 1.807) is 0 Å². The van der Waals surface area contributed by atoms with Crippen molar-refractivity contribution in [3.8, 4) is 0 Å². The number of aryl methyl sites for hydroxylation is 1. The van der Waals surface area contributed by atoms with Gasteiger partial charge in [-0.15, -0.1) is 0 Å². The van der Waals surface area contributed by atoms with Crippen molar-refractivity contribution < 1.29 is 0 Å². The highest BCUT2D eigenvalue weighted by Crippen LogP contribution is 2.28. The van der Waals surface area contributed by atoms with Crippen LogP contribution in [0.25, 0.3) is 10.9 Å². The molecule has 0 radical (unpaired) electrons. The van der Waals surface area contributed by atoms with E-state index >= 15 is 0 Å². The Hall–Kier alpha value is -2.53. The number of hydrogen-bond acceptors (Lipinski definition) is 5. The quantitative estimate of drug-likeness (QED) is 0.689. The highest BCUT2D eigenvalue weighted by Gasteiger charge is 2.09. The van der Waals surface area contributed by atoms with Crippen molar-refractivity contribution in [1.29, 1.82) is 0 Å². The van der Waals surface area contributed by atoms with Crippen molar-refractivity contribution >= 4 is 40.0 Å². The van der Waals surface area contributed by atoms with Crippen LogP contribution in [0.3, 0.4) is 0 Å². The second-order valence-corrected chi connectivity index (χ2v) is 5.52. The predicted octanol–water partition coefficient (Wildman–Crippen LogP) is 3.37. The summed E-state index contributed by atoms with van der Waals surface area (Å²) < 4.78 is 0. The number of benzene rings is 2. The zero-order chi connectivity index (χ0) is 15.7. The molecule has 0 spiro atoms. The first-order chi connectivity index (χ1) is 10.5. The van der Waals surface area contributed by atoms with Gasteiger partial charge >= 0.3 is 0 Å². The van der Waals surface area contributed by atoms with Gasteiger partial charge in [-0.05, 0) is 42.3 Å². The number of nitrogens with one attached hydrogen (secondary N) is 1. The molecule has 0 unspecified atom stereocenters. The Labute approximate surface area is 133 Å². The van der Waals surface area contributed by atoms with E-state index < -0.39 is 0 Å². The molecular weight excluding hydrogens is 298 g/mol. The number of hydrogen-bond donors (Lipinski definition) is 3. The van der Waals surface area contributed by atoms with Crippen molar-refractivity contribution in [3.63, 3.8) is 0 Å². The van der Waals surface area contributed by atoms with Gasteiger partial charge in [0, 0.05) is 22.6 Å². The second kappa shape index (κ2) is 5.69. The Morgan fingerprint density at radius 3 is 2.50 bits per heavy atom. The summed E-state index contributed by atoms with van der Waals surface area (Å²) in [6.45, 7) is 2.68. The molecular formula is C16H16ClN5. The van der Waals surface area contributed by atoms with Crippen LogP contribution >= 0.6 is 11.6 Å². The maximum Gasteiger partial charge on any atom is 0.222 e. The van der Waals surface area contributed by atoms with Crippen LogP contribution < -0.4 is 16.8 Å². The van der Waals surface area contributed by atoms with Crippen LogP contribution in [0.2, 0.25) is 5.02 Å². The largest absolute Gasteiger partial charge is 0.383 e. The van der Waals surface area contributed by atoms with Gasteiger partial charge in [-0.3, -0.25) is 0 Å². The Morgan fingerprint density at radius 1 is 1.05 bits per heavy atom. The Bertz CT molecular complexity index is 830. The van der Waals surface area contributed by atoms with E-state index in [1.807, 2.05) is 43.3 Å². The van der Waals surface area contributed by atoms with Crippen LogP contribution in [0.1, 0.15) is 11.1 Å². The summed E-state index contributed by atoms with van der Waals surface area (Å²) in [6.07, 6.45) is 0. The molecule has 112 valence electrons. The van der Waals surface area contributed by atoms with E-state index in [0.29, 0.717) is 12.4 Å². The molecule has 0 saturated heterocycles. The average molecular weight is 314 g/mol. The van der Waals surface area contributed by atoms with E-state index in [2.05, 4.69) is 15.3 Å². The first-order valence-electron chi connectivity index (χ1n) is 6.85. The Kier molecular flexibility index (Phi) is 3.73. The summed E-state index contributed by atoms with van der Waals surface area (Å²) in [7, 11) is 0. The Morgan fingerprint density at radius 2 is 1.77 bits per heavy atom. The highest BCUT2D eigenvalue weighted by molar-refractivity contribution is 6.30. The third kappa shape index (κ3) is 2.76. The monoisotopic (exact) mass is 313 g/mol. The van der Waals surface area contributed by atoms with Crippen LogP contribution in [0.4, 0.5) is 17.5 Å². The fourth-order valence-corrected chi connectivity index (χ4v) is 2.56. The van der Waals surface area contributed by atoms with Gasteiger partial charge in [0.2, 0.25) is 5.95 Å². The average Bonchev–Trinajstić information content (AvgIpc) is 2.47. The summed E-state index contributed by atoms with van der Waals surface area (Å²) in [6, 6.07) is 11.6. The number of anilines is 3. The van der Waals surface area contributed by atoms with E-state index in [9.17, 15) is 0 Å². The van der Waals surface area contributed by atoms with E-state index in [0.717, 1.165) is 32.7 Å². The second-order valence-electron chi connectivity index (χ2n) is 5.08. The maximum atomic E-state index is 5.98. The molecule has 1 aromatic heterocycles. The standard InChI is InChI=1S/C16H16ClN5/c1-9-12(20-8-10-2-4-11(17)5-3-10)6-7-13-14(9)15(18)22-16(19)21-13/h2-7,20H,8H2,1H3,(H4,18,19,21,22). The van der Waals surface area contributed by atoms with Gasteiger partial charge in [0.1, 0.15) is 5.82 Å². The molecule has 0 aliphatic carbocycles. The minimum atomic E-state index is 0.186. The lowest BCUT2D eigenvalue weighted by atomic mass is 10.1. The zero-order valence-electron chi connectivity index (χ0n) is 12.1. The van der Waals surface area contributed by atoms with E-state index in [1.165, 1.54) is 0 Å². The van der Waals surface area contributed by atoms with Gasteiger partial charge in [-0.25, -0.2) is 4.98 Å². The fraction of sp³-hybridized carbons (Fsp3) is 0.125. The lowest BCUT2D eigenvalue weighted by Gasteiger charge is -2.13. The van der Waals surface area contributed by atoms with Crippen LogP contribution in [-0.2, 0) is 6.54 Å². The predicted molar refractivity (Wildman–Crippen MR) is 91.9 cm³/mol. The van der Waals surface area contributed by atoms with Gasteiger partial charge in [0.05, 0.1) is 5.52 Å². The van der Waals surface area contributed by atoms with Crippen molar-refractivity contribution in [2.75, 3.05) is 16.8 Å². The molecule has 0 amide bonds. The van der Waals surface area contributed by atoms with E-state index in [4.69, 9.17) is 23.1 Å². The fourth-order valence-electron chi connectivity index (χ4n) is 2.43. The first-order valence-corrected chi connectivity index (χ1v) is 7.23. The number of nitrogen functional groups attached to an aromatic ring is 2. The molecule has 0 bridgehead atoms. The maximum absolute atomic E-state index is 5.98. The van der Waals surface area contributed by atoms with Gasteiger partial charge < -0.3 is 16.8 Å². The number of nitrogens with zero attached hydrogens (tertiary/aromatic N) is 2. The van der Waals surface area contributed by atoms with Crippen LogP contribution in [0, 0.1) is 6.92 Å².